The van der Waals surface area contributed by atoms with E-state index in [-0.39, 0.29) is 0 Å². The molecule has 0 saturated carbocycles. The van der Waals surface area contributed by atoms with Crippen LogP contribution in [0.4, 0.5) is 0 Å². The van der Waals surface area contributed by atoms with E-state index in [1.54, 1.807) is 0 Å². The van der Waals surface area contributed by atoms with E-state index in [0.29, 0.717) is 38.6 Å². The number of aromatic nitrogens is 2. The van der Waals surface area contributed by atoms with Crippen LogP contribution in [0.25, 0.3) is 0 Å². The number of allylic oxidation sites excluding steroid dienone is 2. The van der Waals surface area contributed by atoms with E-state index < -0.39 is 0 Å². The molecule has 4 heterocycles. The summed E-state index contributed by atoms with van der Waals surface area (Å²) >= 11 is 14.8. The van der Waals surface area contributed by atoms with Crippen molar-refractivity contribution in [1.29, 1.82) is 0 Å². The van der Waals surface area contributed by atoms with Crippen LogP contribution in [0.15, 0.2) is 22.3 Å². The fraction of sp³-hybridized carbons (Fsp3) is 0.562. The quantitative estimate of drug-likeness (QED) is 0.235. The number of nitrogens with zero attached hydrogens (tertiary/aromatic N) is 4. The SMILES string of the molecule is CC1=C(C)[C@@H](C)[N+](n2c(C)c(C)c(C)c2C)=C1C.CC1=C(C)[C@H](C)[N+](n2c(C)c(C)c(C)c2C)=C1C.II.I[I-]I.I[I-]I. The van der Waals surface area contributed by atoms with Gasteiger partial charge in [0, 0.05) is 87.2 Å². The second-order valence-electron chi connectivity index (χ2n) is 11.4. The van der Waals surface area contributed by atoms with Crippen molar-refractivity contribution < 1.29 is 35.9 Å². The molecule has 0 saturated heterocycles. The van der Waals surface area contributed by atoms with Gasteiger partial charge in [-0.15, -0.1) is 18.7 Å². The number of hydrogen-bond donors (Lipinski definition) is 0. The second-order valence-corrected chi connectivity index (χ2v) is 43.9. The zero-order valence-corrected chi connectivity index (χ0v) is 46.2. The van der Waals surface area contributed by atoms with Crippen molar-refractivity contribution in [2.45, 2.75) is 123 Å². The Labute approximate surface area is 351 Å². The van der Waals surface area contributed by atoms with E-state index >= 15 is 0 Å². The fourth-order valence-corrected chi connectivity index (χ4v) is 6.01. The Kier molecular flexibility index (Phi) is 23.8. The van der Waals surface area contributed by atoms with Crippen molar-refractivity contribution in [2.24, 2.45) is 0 Å². The summed E-state index contributed by atoms with van der Waals surface area (Å²) in [6.45, 7) is 35.8. The first-order valence-corrected chi connectivity index (χ1v) is 45.6. The monoisotopic (exact) mass is 1510 g/mol. The molecule has 0 bridgehead atoms. The van der Waals surface area contributed by atoms with Gasteiger partial charge in [-0.25, -0.2) is 0 Å². The van der Waals surface area contributed by atoms with Crippen LogP contribution in [0.3, 0.4) is 0 Å². The van der Waals surface area contributed by atoms with Gasteiger partial charge in [-0.2, -0.15) is 0 Å². The molecule has 2 aromatic rings. The molecule has 44 heavy (non-hydrogen) atoms. The summed E-state index contributed by atoms with van der Waals surface area (Å²) in [7, 11) is 0. The van der Waals surface area contributed by atoms with Gasteiger partial charge in [-0.05, 0) is 105 Å². The zero-order chi connectivity index (χ0) is 35.0. The van der Waals surface area contributed by atoms with Crippen LogP contribution in [-0.2, 0) is 0 Å². The molecule has 2 aliphatic heterocycles. The van der Waals surface area contributed by atoms with E-state index in [9.17, 15) is 0 Å². The molecule has 0 N–H and O–H groups in total. The molecule has 4 rings (SSSR count). The summed E-state index contributed by atoms with van der Waals surface area (Å²) in [5.41, 5.74) is 19.7. The minimum absolute atomic E-state index is 0.452. The Morgan fingerprint density at radius 3 is 0.773 bits per heavy atom. The molecule has 2 aromatic heterocycles. The normalized spacial score (nSPS) is 17.8. The molecule has 0 fully saturated rings. The first kappa shape index (κ1) is 47.2. The van der Waals surface area contributed by atoms with Gasteiger partial charge in [0.1, 0.15) is 0 Å². The summed E-state index contributed by atoms with van der Waals surface area (Å²) in [6, 6.07) is 0.905. The van der Waals surface area contributed by atoms with Crippen LogP contribution in [-0.4, -0.2) is 42.2 Å². The summed E-state index contributed by atoms with van der Waals surface area (Å²) in [6.07, 6.45) is 0. The van der Waals surface area contributed by atoms with E-state index in [1.165, 1.54) is 78.7 Å². The molecule has 2 aliphatic rings. The third kappa shape index (κ3) is 10.6. The van der Waals surface area contributed by atoms with Crippen molar-refractivity contribution in [3.05, 3.63) is 67.3 Å². The third-order valence-corrected chi connectivity index (χ3v) is 9.94. The van der Waals surface area contributed by atoms with E-state index in [2.05, 4.69) is 241 Å². The second kappa shape index (κ2) is 22.2. The van der Waals surface area contributed by atoms with Gasteiger partial charge in [0.2, 0.25) is 23.5 Å². The standard InChI is InChI=1S/2C16H25N2.2I3.I2/c2*1-9-10(2)14(6)17(13(9)5)18-15(7)11(3)12(4)16(18)8;2*1-3-2;1-2/h2*13H,1-8H3;;;/q2*+1;2*-1;/t2*13-;;;/m10.../s1. The fourth-order valence-electron chi connectivity index (χ4n) is 6.01. The molecule has 0 amide bonds. The maximum atomic E-state index is 2.44. The Morgan fingerprint density at radius 2 is 0.636 bits per heavy atom. The molecular formula is C32H50I8N4. The van der Waals surface area contributed by atoms with Crippen molar-refractivity contribution in [3.63, 3.8) is 0 Å². The molecule has 254 valence electrons. The molecule has 4 nitrogen and oxygen atoms in total. The molecular weight excluding hydrogens is 1460 g/mol. The van der Waals surface area contributed by atoms with Gasteiger partial charge in [0.25, 0.3) is 0 Å². The topological polar surface area (TPSA) is 15.9 Å². The van der Waals surface area contributed by atoms with Crippen LogP contribution in [0.2, 0.25) is 0 Å². The van der Waals surface area contributed by atoms with Crippen molar-refractivity contribution >= 4 is 123 Å². The molecule has 0 unspecified atom stereocenters. The van der Waals surface area contributed by atoms with Crippen molar-refractivity contribution in [1.82, 2.24) is 9.35 Å². The molecule has 0 aliphatic carbocycles. The molecule has 0 spiro atoms. The first-order valence-electron chi connectivity index (χ1n) is 14.2. The Hall–Kier alpha value is 3.22. The van der Waals surface area contributed by atoms with Crippen LogP contribution in [0.1, 0.15) is 100 Å². The van der Waals surface area contributed by atoms with Gasteiger partial charge in [-0.3, -0.25) is 0 Å². The first-order chi connectivity index (χ1) is 20.4. The average Bonchev–Trinajstić information content (AvgIpc) is 3.47. The average molecular weight is 1510 g/mol. The maximum absolute atomic E-state index is 2.44. The number of hydrogen-bond acceptors (Lipinski definition) is 0. The van der Waals surface area contributed by atoms with E-state index in [0.717, 1.165) is 0 Å². The van der Waals surface area contributed by atoms with Crippen LogP contribution >= 0.6 is 112 Å². The predicted molar refractivity (Wildman–Crippen MR) is 239 cm³/mol. The van der Waals surface area contributed by atoms with Crippen LogP contribution in [0.5, 0.6) is 0 Å². The number of rotatable bonds is 2. The number of halogens is 8. The van der Waals surface area contributed by atoms with Gasteiger partial charge in [0.15, 0.2) is 0 Å². The Morgan fingerprint density at radius 1 is 0.455 bits per heavy atom. The summed E-state index contributed by atoms with van der Waals surface area (Å²) in [5, 5.41) is 0. The third-order valence-electron chi connectivity index (χ3n) is 9.94. The van der Waals surface area contributed by atoms with Crippen molar-refractivity contribution in [3.8, 4) is 0 Å². The predicted octanol–water partition coefficient (Wildman–Crippen LogP) is 6.72. The van der Waals surface area contributed by atoms with E-state index in [1.807, 2.05) is 0 Å². The molecule has 0 aromatic carbocycles. The molecule has 0 radical (unpaired) electrons. The van der Waals surface area contributed by atoms with Gasteiger partial charge in [0.05, 0.1) is 22.8 Å². The van der Waals surface area contributed by atoms with Crippen LogP contribution in [0, 0.1) is 55.4 Å². The Bertz CT molecular complexity index is 1280. The summed E-state index contributed by atoms with van der Waals surface area (Å²) in [5.74, 6) is 0. The van der Waals surface area contributed by atoms with Crippen LogP contribution < -0.4 is 26.5 Å². The van der Waals surface area contributed by atoms with Gasteiger partial charge < -0.3 is 0 Å². The van der Waals surface area contributed by atoms with Crippen molar-refractivity contribution in [2.75, 3.05) is 0 Å². The zero-order valence-electron chi connectivity index (χ0n) is 29.0. The minimum atomic E-state index is 0.452. The molecule has 12 heteroatoms. The summed E-state index contributed by atoms with van der Waals surface area (Å²) in [4.78, 5) is 0. The van der Waals surface area contributed by atoms with Gasteiger partial charge in [-0.1, -0.05) is 0 Å². The van der Waals surface area contributed by atoms with Gasteiger partial charge >= 0.3 is 101 Å². The summed E-state index contributed by atoms with van der Waals surface area (Å²) < 4.78 is 9.67. The van der Waals surface area contributed by atoms with E-state index in [4.69, 9.17) is 0 Å². The Balaban J connectivity index is 0.000000681. The molecule has 2 atom stereocenters.